The minimum Gasteiger partial charge on any atom is -0.480 e. The zero-order valence-corrected chi connectivity index (χ0v) is 15.1. The van der Waals surface area contributed by atoms with Crippen LogP contribution in [0.25, 0.3) is 0 Å². The van der Waals surface area contributed by atoms with E-state index in [0.717, 1.165) is 10.0 Å². The molecule has 1 aliphatic rings. The van der Waals surface area contributed by atoms with E-state index < -0.39 is 12.0 Å². The normalized spacial score (nSPS) is 19.0. The Morgan fingerprint density at radius 3 is 2.74 bits per heavy atom. The fourth-order valence-corrected chi connectivity index (χ4v) is 3.80. The van der Waals surface area contributed by atoms with E-state index in [0.29, 0.717) is 18.7 Å². The standard InChI is InChI=1S/C16H18BrNO4S/c1-10(19)23-9-11-6-15(20)18(8-11)14(16(21)22)7-12-4-2-3-5-13(12)17/h2-5,11,14H,6-9H2,1H3,(H,21,22)/t11?,14-/m0/s1. The van der Waals surface area contributed by atoms with Crippen molar-refractivity contribution in [2.24, 2.45) is 5.92 Å². The third kappa shape index (κ3) is 4.81. The molecule has 1 aromatic rings. The molecule has 7 heteroatoms. The van der Waals surface area contributed by atoms with Crippen LogP contribution >= 0.6 is 27.7 Å². The maximum absolute atomic E-state index is 12.2. The van der Waals surface area contributed by atoms with Gasteiger partial charge in [0, 0.05) is 36.5 Å². The van der Waals surface area contributed by atoms with Gasteiger partial charge in [0.2, 0.25) is 5.91 Å². The number of halogens is 1. The minimum absolute atomic E-state index is 0.0129. The van der Waals surface area contributed by atoms with E-state index in [1.807, 2.05) is 24.3 Å². The van der Waals surface area contributed by atoms with Gasteiger partial charge in [-0.25, -0.2) is 4.79 Å². The number of benzene rings is 1. The third-order valence-electron chi connectivity index (χ3n) is 3.79. The molecule has 0 bridgehead atoms. The molecule has 0 aliphatic carbocycles. The van der Waals surface area contributed by atoms with Crippen LogP contribution in [0.5, 0.6) is 0 Å². The molecule has 1 N–H and O–H groups in total. The minimum atomic E-state index is -1.01. The number of likely N-dealkylation sites (tertiary alicyclic amines) is 1. The van der Waals surface area contributed by atoms with Crippen LogP contribution in [0.2, 0.25) is 0 Å². The Balaban J connectivity index is 2.09. The van der Waals surface area contributed by atoms with E-state index in [1.54, 1.807) is 0 Å². The van der Waals surface area contributed by atoms with E-state index in [9.17, 15) is 19.5 Å². The fourth-order valence-electron chi connectivity index (χ4n) is 2.66. The zero-order chi connectivity index (χ0) is 17.0. The topological polar surface area (TPSA) is 74.7 Å². The van der Waals surface area contributed by atoms with Gasteiger partial charge in [0.1, 0.15) is 6.04 Å². The molecule has 23 heavy (non-hydrogen) atoms. The second-order valence-electron chi connectivity index (χ2n) is 5.57. The van der Waals surface area contributed by atoms with Crippen molar-refractivity contribution >= 4 is 44.7 Å². The summed E-state index contributed by atoms with van der Waals surface area (Å²) in [6.07, 6.45) is 0.565. The highest BCUT2D eigenvalue weighted by molar-refractivity contribution is 9.10. The molecular formula is C16H18BrNO4S. The Morgan fingerprint density at radius 2 is 2.13 bits per heavy atom. The molecule has 0 spiro atoms. The Kier molecular flexibility index (Phi) is 6.24. The molecule has 0 saturated carbocycles. The summed E-state index contributed by atoms with van der Waals surface area (Å²) in [6, 6.07) is 6.53. The number of amides is 1. The Morgan fingerprint density at radius 1 is 1.43 bits per heavy atom. The van der Waals surface area contributed by atoms with E-state index in [1.165, 1.54) is 23.6 Å². The van der Waals surface area contributed by atoms with E-state index in [2.05, 4.69) is 15.9 Å². The lowest BCUT2D eigenvalue weighted by molar-refractivity contribution is -0.148. The van der Waals surface area contributed by atoms with Crippen LogP contribution in [0.15, 0.2) is 28.7 Å². The number of carbonyl (C=O) groups is 3. The number of thioether (sulfide) groups is 1. The van der Waals surface area contributed by atoms with E-state index in [4.69, 9.17) is 0 Å². The maximum Gasteiger partial charge on any atom is 0.326 e. The lowest BCUT2D eigenvalue weighted by Crippen LogP contribution is -2.43. The van der Waals surface area contributed by atoms with Crippen LogP contribution in [-0.4, -0.2) is 45.3 Å². The first kappa shape index (κ1) is 18.0. The molecule has 5 nitrogen and oxygen atoms in total. The number of carboxylic acids is 1. The summed E-state index contributed by atoms with van der Waals surface area (Å²) in [5.41, 5.74) is 0.856. The van der Waals surface area contributed by atoms with Crippen LogP contribution in [0.1, 0.15) is 18.9 Å². The van der Waals surface area contributed by atoms with Crippen molar-refractivity contribution in [3.8, 4) is 0 Å². The number of aliphatic carboxylic acids is 1. The molecule has 2 rings (SSSR count). The second-order valence-corrected chi connectivity index (χ2v) is 7.62. The largest absolute Gasteiger partial charge is 0.480 e. The second kappa shape index (κ2) is 7.97. The van der Waals surface area contributed by atoms with Crippen LogP contribution in [-0.2, 0) is 20.8 Å². The van der Waals surface area contributed by atoms with Gasteiger partial charge in [-0.05, 0) is 17.5 Å². The molecule has 0 radical (unpaired) electrons. The fraction of sp³-hybridized carbons (Fsp3) is 0.438. The van der Waals surface area contributed by atoms with Crippen molar-refractivity contribution in [3.63, 3.8) is 0 Å². The summed E-state index contributed by atoms with van der Waals surface area (Å²) in [4.78, 5) is 36.3. The molecular weight excluding hydrogens is 382 g/mol. The van der Waals surface area contributed by atoms with E-state index in [-0.39, 0.29) is 23.4 Å². The van der Waals surface area contributed by atoms with Crippen molar-refractivity contribution in [3.05, 3.63) is 34.3 Å². The molecule has 1 aromatic carbocycles. The summed E-state index contributed by atoms with van der Waals surface area (Å²) < 4.78 is 0.835. The highest BCUT2D eigenvalue weighted by atomic mass is 79.9. The summed E-state index contributed by atoms with van der Waals surface area (Å²) in [5, 5.41) is 9.55. The van der Waals surface area contributed by atoms with Gasteiger partial charge in [-0.2, -0.15) is 0 Å². The summed E-state index contributed by atoms with van der Waals surface area (Å²) >= 11 is 4.60. The molecule has 1 heterocycles. The number of carboxylic acid groups (broad SMARTS) is 1. The summed E-state index contributed by atoms with van der Waals surface area (Å²) in [7, 11) is 0. The van der Waals surface area contributed by atoms with Gasteiger partial charge in [-0.3, -0.25) is 9.59 Å². The molecule has 1 amide bonds. The summed E-state index contributed by atoms with van der Waals surface area (Å²) in [6.45, 7) is 1.88. The first-order chi connectivity index (χ1) is 10.9. The van der Waals surface area contributed by atoms with Crippen molar-refractivity contribution in [1.82, 2.24) is 4.90 Å². The van der Waals surface area contributed by atoms with Crippen LogP contribution in [0.4, 0.5) is 0 Å². The van der Waals surface area contributed by atoms with Gasteiger partial charge in [0.05, 0.1) is 0 Å². The van der Waals surface area contributed by atoms with Crippen molar-refractivity contribution < 1.29 is 19.5 Å². The SMILES string of the molecule is CC(=O)SCC1CC(=O)N([C@@H](Cc2ccccc2Br)C(=O)O)C1. The van der Waals surface area contributed by atoms with Crippen LogP contribution in [0.3, 0.4) is 0 Å². The Labute approximate surface area is 147 Å². The Bertz CT molecular complexity index is 622. The smallest absolute Gasteiger partial charge is 0.326 e. The predicted molar refractivity (Wildman–Crippen MR) is 92.2 cm³/mol. The predicted octanol–water partition coefficient (Wildman–Crippen LogP) is 2.57. The van der Waals surface area contributed by atoms with Gasteiger partial charge in [-0.1, -0.05) is 45.9 Å². The van der Waals surface area contributed by atoms with Crippen molar-refractivity contribution in [2.45, 2.75) is 25.8 Å². The lowest BCUT2D eigenvalue weighted by atomic mass is 10.0. The average molecular weight is 400 g/mol. The quantitative estimate of drug-likeness (QED) is 0.795. The maximum atomic E-state index is 12.2. The highest BCUT2D eigenvalue weighted by Crippen LogP contribution is 2.27. The number of carbonyl (C=O) groups excluding carboxylic acids is 2. The van der Waals surface area contributed by atoms with Gasteiger partial charge in [0.25, 0.3) is 0 Å². The first-order valence-electron chi connectivity index (χ1n) is 7.27. The van der Waals surface area contributed by atoms with E-state index >= 15 is 0 Å². The number of hydrogen-bond acceptors (Lipinski definition) is 4. The van der Waals surface area contributed by atoms with Gasteiger partial charge >= 0.3 is 5.97 Å². The Hall–Kier alpha value is -1.34. The summed E-state index contributed by atoms with van der Waals surface area (Å²) in [5.74, 6) is -0.580. The average Bonchev–Trinajstić information content (AvgIpc) is 2.85. The number of rotatable bonds is 6. The molecule has 1 unspecified atom stereocenters. The first-order valence-corrected chi connectivity index (χ1v) is 9.05. The molecule has 0 aromatic heterocycles. The van der Waals surface area contributed by atoms with Crippen molar-refractivity contribution in [2.75, 3.05) is 12.3 Å². The van der Waals surface area contributed by atoms with Gasteiger partial charge in [0.15, 0.2) is 5.12 Å². The van der Waals surface area contributed by atoms with Gasteiger partial charge in [-0.15, -0.1) is 0 Å². The molecule has 1 saturated heterocycles. The molecule has 1 fully saturated rings. The van der Waals surface area contributed by atoms with Crippen molar-refractivity contribution in [1.29, 1.82) is 0 Å². The van der Waals surface area contributed by atoms with Crippen LogP contribution < -0.4 is 0 Å². The molecule has 1 aliphatic heterocycles. The zero-order valence-electron chi connectivity index (χ0n) is 12.7. The van der Waals surface area contributed by atoms with Crippen LogP contribution in [0, 0.1) is 5.92 Å². The molecule has 2 atom stereocenters. The number of hydrogen-bond donors (Lipinski definition) is 1. The van der Waals surface area contributed by atoms with Gasteiger partial charge < -0.3 is 10.0 Å². The lowest BCUT2D eigenvalue weighted by Gasteiger charge is -2.25. The third-order valence-corrected chi connectivity index (χ3v) is 5.61. The number of nitrogens with zero attached hydrogens (tertiary/aromatic N) is 1. The molecule has 124 valence electrons. The highest BCUT2D eigenvalue weighted by Gasteiger charge is 2.37. The monoisotopic (exact) mass is 399 g/mol.